The van der Waals surface area contributed by atoms with E-state index in [4.69, 9.17) is 9.84 Å². The minimum atomic E-state index is -4.95. The summed E-state index contributed by atoms with van der Waals surface area (Å²) >= 11 is 0. The first-order valence-electron chi connectivity index (χ1n) is 13.9. The minimum absolute atomic E-state index is 0.144. The SMILES string of the molecule is COc1cccc(-c2c(C)n(Cc3c(F)cccc3C(F)(F)F)c(=O)n(CC(NCCCC(=O)O)c3ccccc3)c2=O)c1F. The van der Waals surface area contributed by atoms with Gasteiger partial charge < -0.3 is 15.2 Å². The van der Waals surface area contributed by atoms with Crippen LogP contribution in [0.15, 0.2) is 76.3 Å². The van der Waals surface area contributed by atoms with Crippen molar-refractivity contribution in [1.82, 2.24) is 14.5 Å². The van der Waals surface area contributed by atoms with E-state index in [9.17, 15) is 31.9 Å². The van der Waals surface area contributed by atoms with Crippen LogP contribution in [0.5, 0.6) is 5.75 Å². The van der Waals surface area contributed by atoms with E-state index in [1.807, 2.05) is 0 Å². The van der Waals surface area contributed by atoms with Gasteiger partial charge in [-0.2, -0.15) is 13.2 Å². The summed E-state index contributed by atoms with van der Waals surface area (Å²) in [6.45, 7) is 0.181. The average Bonchev–Trinajstić information content (AvgIpc) is 2.99. The van der Waals surface area contributed by atoms with Crippen molar-refractivity contribution in [3.05, 3.63) is 122 Å². The summed E-state index contributed by atoms with van der Waals surface area (Å²) in [5, 5.41) is 12.1. The minimum Gasteiger partial charge on any atom is -0.494 e. The summed E-state index contributed by atoms with van der Waals surface area (Å²) in [4.78, 5) is 39.0. The predicted molar refractivity (Wildman–Crippen MR) is 156 cm³/mol. The highest BCUT2D eigenvalue weighted by Crippen LogP contribution is 2.34. The van der Waals surface area contributed by atoms with Gasteiger partial charge in [0.05, 0.1) is 37.4 Å². The number of aromatic nitrogens is 2. The number of nitrogens with zero attached hydrogens (tertiary/aromatic N) is 2. The third-order valence-corrected chi connectivity index (χ3v) is 7.41. The van der Waals surface area contributed by atoms with Crippen molar-refractivity contribution in [2.75, 3.05) is 13.7 Å². The summed E-state index contributed by atoms with van der Waals surface area (Å²) in [6, 6.07) is 14.2. The molecule has 4 aromatic rings. The van der Waals surface area contributed by atoms with Gasteiger partial charge in [0.25, 0.3) is 5.56 Å². The molecule has 0 spiro atoms. The van der Waals surface area contributed by atoms with Crippen LogP contribution in [0.4, 0.5) is 22.0 Å². The highest BCUT2D eigenvalue weighted by Gasteiger charge is 2.35. The van der Waals surface area contributed by atoms with E-state index < -0.39 is 58.7 Å². The summed E-state index contributed by atoms with van der Waals surface area (Å²) in [6.07, 6.45) is -4.88. The Kier molecular flexibility index (Phi) is 10.2. The van der Waals surface area contributed by atoms with Gasteiger partial charge in [-0.3, -0.25) is 18.7 Å². The number of carboxylic acid groups (broad SMARTS) is 1. The van der Waals surface area contributed by atoms with Gasteiger partial charge in [-0.15, -0.1) is 0 Å². The number of aliphatic carboxylic acids is 1. The van der Waals surface area contributed by atoms with Gasteiger partial charge in [-0.1, -0.05) is 48.5 Å². The fourth-order valence-electron chi connectivity index (χ4n) is 5.13. The Balaban J connectivity index is 1.95. The van der Waals surface area contributed by atoms with Crippen LogP contribution < -0.4 is 21.3 Å². The largest absolute Gasteiger partial charge is 0.494 e. The maximum absolute atomic E-state index is 15.6. The van der Waals surface area contributed by atoms with E-state index >= 15 is 4.39 Å². The predicted octanol–water partition coefficient (Wildman–Crippen LogP) is 5.54. The molecule has 2 N–H and O–H groups in total. The van der Waals surface area contributed by atoms with E-state index in [0.29, 0.717) is 11.6 Å². The lowest BCUT2D eigenvalue weighted by atomic mass is 10.0. The van der Waals surface area contributed by atoms with Crippen LogP contribution in [0.2, 0.25) is 0 Å². The van der Waals surface area contributed by atoms with Crippen LogP contribution in [0.25, 0.3) is 11.1 Å². The van der Waals surface area contributed by atoms with Crippen molar-refractivity contribution in [3.8, 4) is 16.9 Å². The maximum atomic E-state index is 15.6. The zero-order chi connectivity index (χ0) is 32.9. The number of hydrogen-bond acceptors (Lipinski definition) is 5. The van der Waals surface area contributed by atoms with Crippen molar-refractivity contribution >= 4 is 5.97 Å². The molecule has 1 aromatic heterocycles. The molecule has 0 radical (unpaired) electrons. The molecule has 0 saturated carbocycles. The smallest absolute Gasteiger partial charge is 0.416 e. The van der Waals surface area contributed by atoms with Gasteiger partial charge >= 0.3 is 17.8 Å². The number of hydrogen-bond donors (Lipinski definition) is 2. The Hall–Kier alpha value is -4.78. The molecule has 4 rings (SSSR count). The standard InChI is InChI=1S/C32H30F5N3O5/c1-19-28(21-11-6-14-26(45-2)29(21)34)30(43)40(18-25(20-9-4-3-5-10-20)38-16-8-15-27(41)42)31(44)39(19)17-22-23(32(35,36)37)12-7-13-24(22)33/h3-7,9-14,25,38H,8,15-18H2,1-2H3,(H,41,42). The topological polar surface area (TPSA) is 103 Å². The van der Waals surface area contributed by atoms with Crippen molar-refractivity contribution in [2.24, 2.45) is 0 Å². The molecule has 0 fully saturated rings. The quantitative estimate of drug-likeness (QED) is 0.157. The van der Waals surface area contributed by atoms with Crippen LogP contribution in [0, 0.1) is 18.6 Å². The Morgan fingerprint density at radius 2 is 1.67 bits per heavy atom. The van der Waals surface area contributed by atoms with Crippen molar-refractivity contribution in [3.63, 3.8) is 0 Å². The molecule has 45 heavy (non-hydrogen) atoms. The van der Waals surface area contributed by atoms with Gasteiger partial charge in [-0.25, -0.2) is 13.6 Å². The third kappa shape index (κ3) is 7.31. The number of methoxy groups -OCH3 is 1. The van der Waals surface area contributed by atoms with E-state index in [2.05, 4.69) is 5.32 Å². The van der Waals surface area contributed by atoms with Crippen LogP contribution in [0.3, 0.4) is 0 Å². The Labute approximate surface area is 254 Å². The van der Waals surface area contributed by atoms with Gasteiger partial charge in [0, 0.05) is 23.2 Å². The van der Waals surface area contributed by atoms with Crippen molar-refractivity contribution in [2.45, 2.75) is 45.1 Å². The zero-order valence-corrected chi connectivity index (χ0v) is 24.3. The Morgan fingerprint density at radius 3 is 2.31 bits per heavy atom. The highest BCUT2D eigenvalue weighted by atomic mass is 19.4. The fourth-order valence-corrected chi connectivity index (χ4v) is 5.13. The summed E-state index contributed by atoms with van der Waals surface area (Å²) in [5.74, 6) is -3.39. The molecular weight excluding hydrogens is 601 g/mol. The number of benzene rings is 3. The summed E-state index contributed by atoms with van der Waals surface area (Å²) < 4.78 is 78.8. The van der Waals surface area contributed by atoms with Gasteiger partial charge in [0.1, 0.15) is 5.82 Å². The average molecular weight is 632 g/mol. The van der Waals surface area contributed by atoms with Crippen LogP contribution >= 0.6 is 0 Å². The molecule has 13 heteroatoms. The number of rotatable bonds is 12. The van der Waals surface area contributed by atoms with E-state index in [1.165, 1.54) is 32.2 Å². The molecule has 238 valence electrons. The number of alkyl halides is 3. The molecule has 0 aliphatic rings. The zero-order valence-electron chi connectivity index (χ0n) is 24.3. The van der Waals surface area contributed by atoms with E-state index in [1.54, 1.807) is 30.3 Å². The fraction of sp³-hybridized carbons (Fsp3) is 0.281. The molecule has 3 aromatic carbocycles. The maximum Gasteiger partial charge on any atom is 0.416 e. The van der Waals surface area contributed by atoms with Gasteiger partial charge in [0.2, 0.25) is 0 Å². The second kappa shape index (κ2) is 13.9. The number of nitrogens with one attached hydrogen (secondary N) is 1. The first-order chi connectivity index (χ1) is 21.3. The first-order valence-corrected chi connectivity index (χ1v) is 13.9. The van der Waals surface area contributed by atoms with Crippen LogP contribution in [-0.2, 0) is 24.1 Å². The first kappa shape index (κ1) is 33.1. The van der Waals surface area contributed by atoms with Gasteiger partial charge in [-0.05, 0) is 43.7 Å². The lowest BCUT2D eigenvalue weighted by Gasteiger charge is -2.23. The van der Waals surface area contributed by atoms with E-state index in [-0.39, 0.29) is 48.5 Å². The molecule has 0 amide bonds. The molecule has 0 bridgehead atoms. The summed E-state index contributed by atoms with van der Waals surface area (Å²) in [7, 11) is 1.21. The lowest BCUT2D eigenvalue weighted by molar-refractivity contribution is -0.138. The molecule has 0 aliphatic heterocycles. The van der Waals surface area contributed by atoms with Crippen LogP contribution in [0.1, 0.15) is 41.3 Å². The lowest BCUT2D eigenvalue weighted by Crippen LogP contribution is -2.45. The Bertz CT molecular complexity index is 1800. The molecule has 8 nitrogen and oxygen atoms in total. The van der Waals surface area contributed by atoms with E-state index in [0.717, 1.165) is 21.3 Å². The number of halogens is 5. The molecule has 1 unspecified atom stereocenters. The molecule has 0 saturated heterocycles. The van der Waals surface area contributed by atoms with Gasteiger partial charge in [0.15, 0.2) is 11.6 Å². The third-order valence-electron chi connectivity index (χ3n) is 7.41. The molecule has 1 atom stereocenters. The molecular formula is C32H30F5N3O5. The second-order valence-electron chi connectivity index (χ2n) is 10.2. The molecule has 1 heterocycles. The summed E-state index contributed by atoms with van der Waals surface area (Å²) in [5.41, 5.74) is -4.27. The Morgan fingerprint density at radius 1 is 0.978 bits per heavy atom. The number of carboxylic acids is 1. The number of ether oxygens (including phenoxy) is 1. The van der Waals surface area contributed by atoms with Crippen molar-refractivity contribution in [1.29, 1.82) is 0 Å². The van der Waals surface area contributed by atoms with Crippen molar-refractivity contribution < 1.29 is 36.6 Å². The monoisotopic (exact) mass is 631 g/mol. The normalized spacial score (nSPS) is 12.2. The second-order valence-corrected chi connectivity index (χ2v) is 10.2. The molecule has 0 aliphatic carbocycles. The highest BCUT2D eigenvalue weighted by molar-refractivity contribution is 5.68. The number of carbonyl (C=O) groups is 1. The van der Waals surface area contributed by atoms with Crippen LogP contribution in [-0.4, -0.2) is 33.9 Å².